The third kappa shape index (κ3) is 3.97. The first-order valence-corrected chi connectivity index (χ1v) is 11.9. The highest BCUT2D eigenvalue weighted by Gasteiger charge is 2.30. The van der Waals surface area contributed by atoms with E-state index in [4.69, 9.17) is 17.3 Å². The Morgan fingerprint density at radius 3 is 2.90 bits per heavy atom. The van der Waals surface area contributed by atoms with Crippen molar-refractivity contribution < 1.29 is 9.59 Å². The zero-order valence-corrected chi connectivity index (χ0v) is 18.7. The molecule has 1 aliphatic carbocycles. The minimum Gasteiger partial charge on any atom is -0.364 e. The number of nitrogens with one attached hydrogen (secondary N) is 3. The van der Waals surface area contributed by atoms with Gasteiger partial charge in [0.1, 0.15) is 5.69 Å². The smallest absolute Gasteiger partial charge is 0.265 e. The minimum atomic E-state index is -0.466. The van der Waals surface area contributed by atoms with Crippen LogP contribution in [0.3, 0.4) is 0 Å². The van der Waals surface area contributed by atoms with Gasteiger partial charge in [0.05, 0.1) is 4.88 Å². The van der Waals surface area contributed by atoms with Crippen molar-refractivity contribution in [3.05, 3.63) is 55.9 Å². The van der Waals surface area contributed by atoms with E-state index >= 15 is 0 Å². The van der Waals surface area contributed by atoms with Crippen LogP contribution in [0.25, 0.3) is 10.9 Å². The van der Waals surface area contributed by atoms with Crippen molar-refractivity contribution in [3.8, 4) is 0 Å². The molecule has 8 heteroatoms. The number of rotatable bonds is 4. The standard InChI is InChI=1S/C23H25ClN4O2S/c24-14-4-5-17-16(10-14)20(21(28-17)22(25)29)12-2-1-3-15(8-12)27-23(30)19-9-13-11-26-7-6-18(13)31-19/h4-5,9-10,12,15,26,28H,1-3,6-8,11H2,(H2,25,29)(H,27,30)/t12?,15-/m1/s1. The highest BCUT2D eigenvalue weighted by atomic mass is 35.5. The zero-order valence-electron chi connectivity index (χ0n) is 17.1. The Labute approximate surface area is 189 Å². The lowest BCUT2D eigenvalue weighted by Gasteiger charge is -2.30. The summed E-state index contributed by atoms with van der Waals surface area (Å²) in [7, 11) is 0. The van der Waals surface area contributed by atoms with Crippen LogP contribution in [-0.2, 0) is 13.0 Å². The van der Waals surface area contributed by atoms with Gasteiger partial charge in [0.15, 0.2) is 0 Å². The number of H-pyrrole nitrogens is 1. The number of halogens is 1. The summed E-state index contributed by atoms with van der Waals surface area (Å²) in [5, 5.41) is 8.16. The Morgan fingerprint density at radius 1 is 1.23 bits per heavy atom. The molecule has 31 heavy (non-hydrogen) atoms. The molecule has 1 aliphatic heterocycles. The van der Waals surface area contributed by atoms with Crippen LogP contribution in [0.1, 0.15) is 67.8 Å². The molecule has 1 fully saturated rings. The predicted octanol–water partition coefficient (Wildman–Crippen LogP) is 4.08. The zero-order chi connectivity index (χ0) is 21.5. The Balaban J connectivity index is 1.38. The fourth-order valence-corrected chi connectivity index (χ4v) is 6.26. The largest absolute Gasteiger partial charge is 0.364 e. The number of primary amides is 1. The molecule has 0 saturated heterocycles. The second-order valence-electron chi connectivity index (χ2n) is 8.49. The highest BCUT2D eigenvalue weighted by molar-refractivity contribution is 7.14. The fourth-order valence-electron chi connectivity index (χ4n) is 5.01. The van der Waals surface area contributed by atoms with Gasteiger partial charge in [0.25, 0.3) is 11.8 Å². The number of carbonyl (C=O) groups excluding carboxylic acids is 2. The van der Waals surface area contributed by atoms with E-state index in [0.29, 0.717) is 10.7 Å². The molecule has 0 radical (unpaired) electrons. The predicted molar refractivity (Wildman–Crippen MR) is 124 cm³/mol. The van der Waals surface area contributed by atoms with Crippen molar-refractivity contribution in [2.45, 2.75) is 50.6 Å². The molecule has 0 spiro atoms. The monoisotopic (exact) mass is 456 g/mol. The van der Waals surface area contributed by atoms with Crippen LogP contribution in [0, 0.1) is 0 Å². The normalized spacial score (nSPS) is 21.1. The molecule has 6 nitrogen and oxygen atoms in total. The number of fused-ring (bicyclic) bond motifs is 2. The van der Waals surface area contributed by atoms with E-state index < -0.39 is 5.91 Å². The molecule has 0 bridgehead atoms. The van der Waals surface area contributed by atoms with Crippen LogP contribution < -0.4 is 16.4 Å². The van der Waals surface area contributed by atoms with Crippen molar-refractivity contribution in [1.29, 1.82) is 0 Å². The Bertz CT molecular complexity index is 1140. The molecule has 5 rings (SSSR count). The van der Waals surface area contributed by atoms with Crippen LogP contribution in [0.15, 0.2) is 24.3 Å². The highest BCUT2D eigenvalue weighted by Crippen LogP contribution is 2.39. The van der Waals surface area contributed by atoms with E-state index in [9.17, 15) is 9.59 Å². The van der Waals surface area contributed by atoms with E-state index in [1.54, 1.807) is 17.4 Å². The fraction of sp³-hybridized carbons (Fsp3) is 0.391. The van der Waals surface area contributed by atoms with E-state index in [1.807, 2.05) is 18.2 Å². The summed E-state index contributed by atoms with van der Waals surface area (Å²) in [5.41, 5.74) is 9.17. The van der Waals surface area contributed by atoms with Gasteiger partial charge < -0.3 is 21.4 Å². The Morgan fingerprint density at radius 2 is 2.10 bits per heavy atom. The molecule has 1 aromatic carbocycles. The summed E-state index contributed by atoms with van der Waals surface area (Å²) in [6.45, 7) is 1.80. The van der Waals surface area contributed by atoms with Crippen molar-refractivity contribution in [3.63, 3.8) is 0 Å². The summed E-state index contributed by atoms with van der Waals surface area (Å²) in [6, 6.07) is 7.65. The van der Waals surface area contributed by atoms with Crippen molar-refractivity contribution in [2.24, 2.45) is 5.73 Å². The molecule has 2 aromatic heterocycles. The second kappa shape index (κ2) is 8.30. The summed E-state index contributed by atoms with van der Waals surface area (Å²) in [6.07, 6.45) is 4.62. The molecule has 2 atom stereocenters. The van der Waals surface area contributed by atoms with E-state index in [0.717, 1.165) is 66.5 Å². The number of benzene rings is 1. The quantitative estimate of drug-likeness (QED) is 0.475. The molecule has 3 heterocycles. The molecule has 3 aromatic rings. The lowest BCUT2D eigenvalue weighted by Crippen LogP contribution is -2.37. The van der Waals surface area contributed by atoms with Gasteiger partial charge in [-0.05, 0) is 67.0 Å². The van der Waals surface area contributed by atoms with E-state index in [-0.39, 0.29) is 17.9 Å². The SMILES string of the molecule is NC(=O)c1[nH]c2ccc(Cl)cc2c1C1CCC[C@@H](NC(=O)c2cc3c(s2)CCNC3)C1. The average Bonchev–Trinajstić information content (AvgIpc) is 3.35. The maximum atomic E-state index is 12.9. The summed E-state index contributed by atoms with van der Waals surface area (Å²) >= 11 is 7.84. The molecular weight excluding hydrogens is 432 g/mol. The maximum absolute atomic E-state index is 12.9. The van der Waals surface area contributed by atoms with Gasteiger partial charge in [0.2, 0.25) is 0 Å². The lowest BCUT2D eigenvalue weighted by atomic mass is 9.80. The van der Waals surface area contributed by atoms with Crippen molar-refractivity contribution in [1.82, 2.24) is 15.6 Å². The number of aromatic amines is 1. The van der Waals surface area contributed by atoms with Gasteiger partial charge >= 0.3 is 0 Å². The Hall–Kier alpha value is -2.35. The number of hydrogen-bond acceptors (Lipinski definition) is 4. The molecule has 5 N–H and O–H groups in total. The van der Waals surface area contributed by atoms with Crippen LogP contribution >= 0.6 is 22.9 Å². The first-order valence-electron chi connectivity index (χ1n) is 10.7. The van der Waals surface area contributed by atoms with Crippen LogP contribution in [-0.4, -0.2) is 29.4 Å². The van der Waals surface area contributed by atoms with Gasteiger partial charge in [0, 0.05) is 39.9 Å². The van der Waals surface area contributed by atoms with Crippen LogP contribution in [0.4, 0.5) is 0 Å². The summed E-state index contributed by atoms with van der Waals surface area (Å²) in [4.78, 5) is 30.4. The van der Waals surface area contributed by atoms with Crippen LogP contribution in [0.5, 0.6) is 0 Å². The lowest BCUT2D eigenvalue weighted by molar-refractivity contribution is 0.0926. The van der Waals surface area contributed by atoms with Gasteiger partial charge in [-0.25, -0.2) is 0 Å². The minimum absolute atomic E-state index is 0.00199. The number of hydrogen-bond donors (Lipinski definition) is 4. The number of amides is 2. The molecule has 1 saturated carbocycles. The number of thiophene rings is 1. The van der Waals surface area contributed by atoms with Crippen molar-refractivity contribution >= 4 is 45.7 Å². The molecule has 2 aliphatic rings. The number of carbonyl (C=O) groups is 2. The van der Waals surface area contributed by atoms with E-state index in [1.165, 1.54) is 10.4 Å². The van der Waals surface area contributed by atoms with Crippen molar-refractivity contribution in [2.75, 3.05) is 6.54 Å². The topological polar surface area (TPSA) is 100 Å². The van der Waals surface area contributed by atoms with Gasteiger partial charge in [-0.2, -0.15) is 0 Å². The first kappa shape index (κ1) is 20.5. The van der Waals surface area contributed by atoms with Gasteiger partial charge in [-0.15, -0.1) is 11.3 Å². The number of aromatic nitrogens is 1. The summed E-state index contributed by atoms with van der Waals surface area (Å²) < 4.78 is 0. The average molecular weight is 457 g/mol. The third-order valence-corrected chi connectivity index (χ3v) is 7.90. The molecular formula is C23H25ClN4O2S. The third-order valence-electron chi connectivity index (χ3n) is 6.43. The number of nitrogens with two attached hydrogens (primary N) is 1. The first-order chi connectivity index (χ1) is 15.0. The van der Waals surface area contributed by atoms with Gasteiger partial charge in [-0.3, -0.25) is 9.59 Å². The Kier molecular flexibility index (Phi) is 5.50. The molecule has 1 unspecified atom stereocenters. The summed E-state index contributed by atoms with van der Waals surface area (Å²) in [5.74, 6) is -0.331. The van der Waals surface area contributed by atoms with E-state index in [2.05, 4.69) is 15.6 Å². The second-order valence-corrected chi connectivity index (χ2v) is 10.1. The molecule has 162 valence electrons. The van der Waals surface area contributed by atoms with Crippen LogP contribution in [0.2, 0.25) is 5.02 Å². The maximum Gasteiger partial charge on any atom is 0.265 e. The van der Waals surface area contributed by atoms with Gasteiger partial charge in [-0.1, -0.05) is 18.0 Å². The molecule has 2 amide bonds.